The van der Waals surface area contributed by atoms with Crippen molar-refractivity contribution in [3.8, 4) is 0 Å². The standard InChI is InChI=1S/C17H24N6O4/c1-8-14(9(2)27-21-8)19-17(26)18-12-5-11(15(24)16(12)25)6-23-7-13(20-22-23)10-3-4-10/h7,10-12,15-16,24-25H,3-6H2,1-2H3,(H2,18,19,26). The number of carbonyl (C=O) groups is 1. The number of rotatable bonds is 5. The van der Waals surface area contributed by atoms with E-state index in [0.717, 1.165) is 18.5 Å². The summed E-state index contributed by atoms with van der Waals surface area (Å²) in [5.74, 6) is 0.795. The lowest BCUT2D eigenvalue weighted by atomic mass is 10.1. The number of aliphatic hydroxyl groups is 2. The molecule has 0 aromatic carbocycles. The Morgan fingerprint density at radius 2 is 2.11 bits per heavy atom. The van der Waals surface area contributed by atoms with Crippen molar-refractivity contribution in [1.82, 2.24) is 25.5 Å². The first-order valence-corrected chi connectivity index (χ1v) is 9.19. The first kappa shape index (κ1) is 17.9. The van der Waals surface area contributed by atoms with Crippen LogP contribution in [-0.4, -0.2) is 54.6 Å². The first-order valence-electron chi connectivity index (χ1n) is 9.19. The average Bonchev–Trinajstić information content (AvgIpc) is 3.24. The Bertz CT molecular complexity index is 810. The molecule has 2 saturated carbocycles. The number of nitrogens with zero attached hydrogens (tertiary/aromatic N) is 4. The Hall–Kier alpha value is -2.46. The molecule has 0 saturated heterocycles. The van der Waals surface area contributed by atoms with Crippen LogP contribution in [0.5, 0.6) is 0 Å². The lowest BCUT2D eigenvalue weighted by molar-refractivity contribution is 0.00878. The summed E-state index contributed by atoms with van der Waals surface area (Å²) in [7, 11) is 0. The Morgan fingerprint density at radius 1 is 1.33 bits per heavy atom. The Kier molecular flexibility index (Phi) is 4.60. The van der Waals surface area contributed by atoms with Crippen molar-refractivity contribution in [3.63, 3.8) is 0 Å². The maximum atomic E-state index is 12.3. The number of carbonyl (C=O) groups excluding carboxylic acids is 1. The molecule has 2 amide bonds. The van der Waals surface area contributed by atoms with Crippen molar-refractivity contribution >= 4 is 11.7 Å². The zero-order chi connectivity index (χ0) is 19.1. The van der Waals surface area contributed by atoms with Crippen molar-refractivity contribution in [1.29, 1.82) is 0 Å². The van der Waals surface area contributed by atoms with Crippen molar-refractivity contribution in [2.45, 2.75) is 63.8 Å². The topological polar surface area (TPSA) is 138 Å². The molecule has 4 atom stereocenters. The quantitative estimate of drug-likeness (QED) is 0.602. The van der Waals surface area contributed by atoms with Gasteiger partial charge in [-0.1, -0.05) is 10.4 Å². The summed E-state index contributed by atoms with van der Waals surface area (Å²) in [6.45, 7) is 3.87. The van der Waals surface area contributed by atoms with Crippen LogP contribution in [-0.2, 0) is 6.54 Å². The predicted octanol–water partition coefficient (Wildman–Crippen LogP) is 0.692. The molecule has 0 radical (unpaired) electrons. The average molecular weight is 376 g/mol. The number of hydrogen-bond donors (Lipinski definition) is 4. The van der Waals surface area contributed by atoms with Gasteiger partial charge in [-0.25, -0.2) is 4.79 Å². The van der Waals surface area contributed by atoms with E-state index in [9.17, 15) is 15.0 Å². The van der Waals surface area contributed by atoms with Crippen molar-refractivity contribution in [2.75, 3.05) is 5.32 Å². The van der Waals surface area contributed by atoms with E-state index >= 15 is 0 Å². The van der Waals surface area contributed by atoms with Gasteiger partial charge in [0.05, 0.1) is 17.8 Å². The molecule has 2 aliphatic carbocycles. The fraction of sp³-hybridized carbons (Fsp3) is 0.647. The number of nitrogens with one attached hydrogen (secondary N) is 2. The largest absolute Gasteiger partial charge is 0.390 e. The highest BCUT2D eigenvalue weighted by Gasteiger charge is 2.42. The molecule has 2 aromatic rings. The fourth-order valence-corrected chi connectivity index (χ4v) is 3.64. The molecule has 4 N–H and O–H groups in total. The number of aromatic nitrogens is 4. The van der Waals surface area contributed by atoms with Crippen LogP contribution in [0.3, 0.4) is 0 Å². The van der Waals surface area contributed by atoms with Crippen LogP contribution < -0.4 is 10.6 Å². The molecule has 27 heavy (non-hydrogen) atoms. The summed E-state index contributed by atoms with van der Waals surface area (Å²) in [4.78, 5) is 12.3. The van der Waals surface area contributed by atoms with Crippen molar-refractivity contribution in [2.24, 2.45) is 5.92 Å². The number of aliphatic hydroxyl groups excluding tert-OH is 2. The lowest BCUT2D eigenvalue weighted by Crippen LogP contribution is -2.44. The van der Waals surface area contributed by atoms with Crippen LogP contribution in [0.2, 0.25) is 0 Å². The van der Waals surface area contributed by atoms with Gasteiger partial charge >= 0.3 is 6.03 Å². The van der Waals surface area contributed by atoms with Crippen LogP contribution in [0.15, 0.2) is 10.7 Å². The van der Waals surface area contributed by atoms with E-state index in [0.29, 0.717) is 36.0 Å². The van der Waals surface area contributed by atoms with Crippen LogP contribution >= 0.6 is 0 Å². The van der Waals surface area contributed by atoms with E-state index in [1.54, 1.807) is 18.5 Å². The van der Waals surface area contributed by atoms with Crippen LogP contribution in [0.25, 0.3) is 0 Å². The second kappa shape index (κ2) is 6.93. The molecule has 2 fully saturated rings. The highest BCUT2D eigenvalue weighted by molar-refractivity contribution is 5.90. The van der Waals surface area contributed by atoms with Gasteiger partial charge in [0.1, 0.15) is 17.5 Å². The Morgan fingerprint density at radius 3 is 2.78 bits per heavy atom. The molecule has 0 spiro atoms. The van der Waals surface area contributed by atoms with E-state index in [1.807, 2.05) is 6.20 Å². The number of urea groups is 1. The third-order valence-corrected chi connectivity index (χ3v) is 5.36. The minimum absolute atomic E-state index is 0.224. The number of aryl methyl sites for hydroxylation is 2. The number of amides is 2. The third kappa shape index (κ3) is 3.67. The van der Waals surface area contributed by atoms with Gasteiger partial charge in [-0.2, -0.15) is 0 Å². The normalized spacial score (nSPS) is 27.7. The van der Waals surface area contributed by atoms with E-state index in [-0.39, 0.29) is 5.92 Å². The van der Waals surface area contributed by atoms with Gasteiger partial charge in [0, 0.05) is 24.6 Å². The highest BCUT2D eigenvalue weighted by Crippen LogP contribution is 2.38. The molecule has 0 aliphatic heterocycles. The summed E-state index contributed by atoms with van der Waals surface area (Å²) in [6, 6.07) is -1.03. The first-order chi connectivity index (χ1) is 12.9. The molecule has 146 valence electrons. The van der Waals surface area contributed by atoms with E-state index in [1.165, 1.54) is 0 Å². The van der Waals surface area contributed by atoms with Crippen LogP contribution in [0.4, 0.5) is 10.5 Å². The molecule has 2 aromatic heterocycles. The van der Waals surface area contributed by atoms with Crippen LogP contribution in [0, 0.1) is 19.8 Å². The number of hydrogen-bond acceptors (Lipinski definition) is 7. The second-order valence-electron chi connectivity index (χ2n) is 7.52. The minimum atomic E-state index is -1.04. The predicted molar refractivity (Wildman–Crippen MR) is 94.0 cm³/mol. The van der Waals surface area contributed by atoms with Crippen molar-refractivity contribution in [3.05, 3.63) is 23.3 Å². The molecule has 4 unspecified atom stereocenters. The molecule has 2 heterocycles. The van der Waals surface area contributed by atoms with E-state index < -0.39 is 24.3 Å². The summed E-state index contributed by atoms with van der Waals surface area (Å²) < 4.78 is 6.72. The number of anilines is 1. The zero-order valence-electron chi connectivity index (χ0n) is 15.3. The maximum Gasteiger partial charge on any atom is 0.319 e. The summed E-state index contributed by atoms with van der Waals surface area (Å²) in [5.41, 5.74) is 2.06. The van der Waals surface area contributed by atoms with Gasteiger partial charge in [0.25, 0.3) is 0 Å². The second-order valence-corrected chi connectivity index (χ2v) is 7.52. The molecule has 10 nitrogen and oxygen atoms in total. The molecule has 2 aliphatic rings. The van der Waals surface area contributed by atoms with E-state index in [4.69, 9.17) is 4.52 Å². The summed E-state index contributed by atoms with van der Waals surface area (Å²) in [5, 5.41) is 38.2. The highest BCUT2D eigenvalue weighted by atomic mass is 16.5. The monoisotopic (exact) mass is 376 g/mol. The van der Waals surface area contributed by atoms with Gasteiger partial charge in [0.2, 0.25) is 0 Å². The lowest BCUT2D eigenvalue weighted by Gasteiger charge is -2.18. The van der Waals surface area contributed by atoms with Gasteiger partial charge in [-0.15, -0.1) is 5.10 Å². The minimum Gasteiger partial charge on any atom is -0.390 e. The zero-order valence-corrected chi connectivity index (χ0v) is 15.3. The van der Waals surface area contributed by atoms with Gasteiger partial charge in [-0.05, 0) is 33.1 Å². The van der Waals surface area contributed by atoms with Crippen LogP contribution in [0.1, 0.15) is 42.3 Å². The fourth-order valence-electron chi connectivity index (χ4n) is 3.64. The van der Waals surface area contributed by atoms with Gasteiger partial charge in [0.15, 0.2) is 5.76 Å². The van der Waals surface area contributed by atoms with Crippen molar-refractivity contribution < 1.29 is 19.5 Å². The van der Waals surface area contributed by atoms with E-state index in [2.05, 4.69) is 26.1 Å². The molecule has 4 rings (SSSR count). The summed E-state index contributed by atoms with van der Waals surface area (Å²) in [6.07, 6.45) is 2.66. The maximum absolute atomic E-state index is 12.3. The van der Waals surface area contributed by atoms with Gasteiger partial charge in [-0.3, -0.25) is 4.68 Å². The SMILES string of the molecule is Cc1noc(C)c1NC(=O)NC1CC(Cn2cc(C3CC3)nn2)C(O)C1O. The Balaban J connectivity index is 1.35. The molecular weight excluding hydrogens is 352 g/mol. The molecular formula is C17H24N6O4. The molecule has 10 heteroatoms. The third-order valence-electron chi connectivity index (χ3n) is 5.36. The summed E-state index contributed by atoms with van der Waals surface area (Å²) >= 11 is 0. The van der Waals surface area contributed by atoms with Gasteiger partial charge < -0.3 is 25.4 Å². The smallest absolute Gasteiger partial charge is 0.319 e. The Labute approximate surface area is 155 Å². The molecule has 0 bridgehead atoms.